The van der Waals surface area contributed by atoms with Crippen molar-refractivity contribution in [2.75, 3.05) is 19.0 Å². The molecule has 2 rings (SSSR count). The zero-order valence-electron chi connectivity index (χ0n) is 8.88. The Bertz CT molecular complexity index is 465. The SMILES string of the molecule is CCOCCS(=O)c1nc2cnccc2s1. The maximum absolute atomic E-state index is 11.8. The number of rotatable bonds is 5. The lowest BCUT2D eigenvalue weighted by molar-refractivity contribution is 0.164. The summed E-state index contributed by atoms with van der Waals surface area (Å²) in [6, 6.07) is 1.89. The summed E-state index contributed by atoms with van der Waals surface area (Å²) < 4.78 is 18.7. The molecule has 86 valence electrons. The van der Waals surface area contributed by atoms with Gasteiger partial charge in [0.2, 0.25) is 0 Å². The highest BCUT2D eigenvalue weighted by atomic mass is 32.2. The molecule has 0 spiro atoms. The number of hydrogen-bond donors (Lipinski definition) is 0. The van der Waals surface area contributed by atoms with Gasteiger partial charge in [-0.3, -0.25) is 9.19 Å². The van der Waals surface area contributed by atoms with Crippen molar-refractivity contribution in [1.82, 2.24) is 9.97 Å². The molecule has 0 amide bonds. The zero-order valence-corrected chi connectivity index (χ0v) is 10.5. The number of nitrogens with zero attached hydrogens (tertiary/aromatic N) is 2. The average molecular weight is 256 g/mol. The average Bonchev–Trinajstić information content (AvgIpc) is 2.73. The highest BCUT2D eigenvalue weighted by Crippen LogP contribution is 2.23. The van der Waals surface area contributed by atoms with Gasteiger partial charge in [0, 0.05) is 12.8 Å². The molecule has 2 aromatic heterocycles. The normalized spacial score (nSPS) is 13.1. The Morgan fingerprint density at radius 3 is 3.19 bits per heavy atom. The molecule has 0 aliphatic carbocycles. The summed E-state index contributed by atoms with van der Waals surface area (Å²) in [4.78, 5) is 8.27. The monoisotopic (exact) mass is 256 g/mol. The molecule has 0 bridgehead atoms. The number of pyridine rings is 1. The van der Waals surface area contributed by atoms with E-state index >= 15 is 0 Å². The predicted octanol–water partition coefficient (Wildman–Crippen LogP) is 1.84. The first-order valence-corrected chi connectivity index (χ1v) is 7.11. The van der Waals surface area contributed by atoms with Gasteiger partial charge in [-0.05, 0) is 13.0 Å². The Hall–Kier alpha value is -0.850. The smallest absolute Gasteiger partial charge is 0.181 e. The molecule has 0 radical (unpaired) electrons. The third-order valence-corrected chi connectivity index (χ3v) is 4.64. The molecule has 0 N–H and O–H groups in total. The maximum Gasteiger partial charge on any atom is 0.181 e. The number of hydrogen-bond acceptors (Lipinski definition) is 5. The van der Waals surface area contributed by atoms with Crippen LogP contribution in [0.15, 0.2) is 22.8 Å². The molecular weight excluding hydrogens is 244 g/mol. The summed E-state index contributed by atoms with van der Waals surface area (Å²) in [5.74, 6) is 0.501. The topological polar surface area (TPSA) is 52.1 Å². The standard InChI is InChI=1S/C10H12N2O2S2/c1-2-14-5-6-16(13)10-12-8-7-11-4-3-9(8)15-10/h3-4,7H,2,5-6H2,1H3. The first kappa shape index (κ1) is 11.6. The molecule has 4 nitrogen and oxygen atoms in total. The predicted molar refractivity (Wildman–Crippen MR) is 65.2 cm³/mol. The lowest BCUT2D eigenvalue weighted by atomic mass is 10.5. The van der Waals surface area contributed by atoms with Gasteiger partial charge in [-0.15, -0.1) is 11.3 Å². The molecule has 1 atom stereocenters. The van der Waals surface area contributed by atoms with Crippen molar-refractivity contribution in [3.05, 3.63) is 18.5 Å². The Morgan fingerprint density at radius 2 is 2.44 bits per heavy atom. The maximum atomic E-state index is 11.8. The van der Waals surface area contributed by atoms with Crippen molar-refractivity contribution in [2.24, 2.45) is 0 Å². The Kier molecular flexibility index (Phi) is 3.98. The van der Waals surface area contributed by atoms with Gasteiger partial charge >= 0.3 is 0 Å². The van der Waals surface area contributed by atoms with Gasteiger partial charge in [-0.2, -0.15) is 0 Å². The van der Waals surface area contributed by atoms with E-state index in [-0.39, 0.29) is 0 Å². The first-order valence-electron chi connectivity index (χ1n) is 4.98. The molecule has 0 aliphatic rings. The minimum atomic E-state index is -1.06. The van der Waals surface area contributed by atoms with Crippen LogP contribution in [0, 0.1) is 0 Å². The summed E-state index contributed by atoms with van der Waals surface area (Å²) in [7, 11) is -1.06. The van der Waals surface area contributed by atoms with Crippen molar-refractivity contribution < 1.29 is 8.95 Å². The van der Waals surface area contributed by atoms with Crippen LogP contribution in [0.1, 0.15) is 6.92 Å². The van der Waals surface area contributed by atoms with Crippen LogP contribution in [0.2, 0.25) is 0 Å². The van der Waals surface area contributed by atoms with Gasteiger partial charge in [-0.25, -0.2) is 4.98 Å². The molecule has 0 fully saturated rings. The zero-order chi connectivity index (χ0) is 11.4. The van der Waals surface area contributed by atoms with Crippen molar-refractivity contribution in [3.8, 4) is 0 Å². The van der Waals surface area contributed by atoms with E-state index in [0.717, 1.165) is 10.2 Å². The molecule has 0 saturated carbocycles. The van der Waals surface area contributed by atoms with Crippen LogP contribution >= 0.6 is 11.3 Å². The minimum absolute atomic E-state index is 0.501. The van der Waals surface area contributed by atoms with Crippen molar-refractivity contribution in [3.63, 3.8) is 0 Å². The van der Waals surface area contributed by atoms with E-state index in [9.17, 15) is 4.21 Å². The lowest BCUT2D eigenvalue weighted by Crippen LogP contribution is -2.05. The Labute approximate surface area is 100 Å². The van der Waals surface area contributed by atoms with Gasteiger partial charge in [-0.1, -0.05) is 0 Å². The first-order chi connectivity index (χ1) is 7.81. The lowest BCUT2D eigenvalue weighted by Gasteiger charge is -1.98. The van der Waals surface area contributed by atoms with Crippen molar-refractivity contribution in [1.29, 1.82) is 0 Å². The van der Waals surface area contributed by atoms with E-state index in [1.807, 2.05) is 13.0 Å². The van der Waals surface area contributed by atoms with E-state index in [0.29, 0.717) is 23.3 Å². The fraction of sp³-hybridized carbons (Fsp3) is 0.400. The number of ether oxygens (including phenoxy) is 1. The highest BCUT2D eigenvalue weighted by Gasteiger charge is 2.10. The molecular formula is C10H12N2O2S2. The quantitative estimate of drug-likeness (QED) is 0.766. The highest BCUT2D eigenvalue weighted by molar-refractivity contribution is 7.87. The van der Waals surface area contributed by atoms with Crippen molar-refractivity contribution >= 4 is 32.4 Å². The summed E-state index contributed by atoms with van der Waals surface area (Å²) in [5, 5.41) is 0. The van der Waals surface area contributed by atoms with E-state index in [2.05, 4.69) is 9.97 Å². The number of fused-ring (bicyclic) bond motifs is 1. The largest absolute Gasteiger partial charge is 0.381 e. The fourth-order valence-electron chi connectivity index (χ4n) is 1.22. The van der Waals surface area contributed by atoms with Crippen LogP contribution in [0.3, 0.4) is 0 Å². The van der Waals surface area contributed by atoms with Crippen LogP contribution < -0.4 is 0 Å². The summed E-state index contributed by atoms with van der Waals surface area (Å²) in [6.07, 6.45) is 3.41. The van der Waals surface area contributed by atoms with Crippen LogP contribution in [0.25, 0.3) is 10.2 Å². The van der Waals surface area contributed by atoms with E-state index in [4.69, 9.17) is 4.74 Å². The number of aromatic nitrogens is 2. The fourth-order valence-corrected chi connectivity index (χ4v) is 3.42. The summed E-state index contributed by atoms with van der Waals surface area (Å²) in [5.41, 5.74) is 0.812. The van der Waals surface area contributed by atoms with Gasteiger partial charge in [0.05, 0.1) is 34.1 Å². The minimum Gasteiger partial charge on any atom is -0.381 e. The van der Waals surface area contributed by atoms with E-state index in [1.165, 1.54) is 11.3 Å². The van der Waals surface area contributed by atoms with Gasteiger partial charge in [0.15, 0.2) is 4.34 Å². The third kappa shape index (κ3) is 2.63. The molecule has 6 heteroatoms. The summed E-state index contributed by atoms with van der Waals surface area (Å²) in [6.45, 7) is 3.09. The molecule has 0 saturated heterocycles. The molecule has 0 aromatic carbocycles. The molecule has 16 heavy (non-hydrogen) atoms. The second kappa shape index (κ2) is 5.47. The second-order valence-corrected chi connectivity index (χ2v) is 5.84. The Morgan fingerprint density at radius 1 is 1.56 bits per heavy atom. The van der Waals surface area contributed by atoms with Crippen LogP contribution in [0.5, 0.6) is 0 Å². The molecule has 2 heterocycles. The van der Waals surface area contributed by atoms with Gasteiger partial charge < -0.3 is 4.74 Å². The van der Waals surface area contributed by atoms with E-state index in [1.54, 1.807) is 12.4 Å². The second-order valence-electron chi connectivity index (χ2n) is 3.07. The van der Waals surface area contributed by atoms with Gasteiger partial charge in [0.1, 0.15) is 5.52 Å². The summed E-state index contributed by atoms with van der Waals surface area (Å²) >= 11 is 1.46. The van der Waals surface area contributed by atoms with Crippen molar-refractivity contribution in [2.45, 2.75) is 11.3 Å². The van der Waals surface area contributed by atoms with Crippen LogP contribution in [-0.2, 0) is 15.5 Å². The molecule has 2 aromatic rings. The third-order valence-electron chi connectivity index (χ3n) is 1.98. The van der Waals surface area contributed by atoms with Crippen LogP contribution in [0.4, 0.5) is 0 Å². The van der Waals surface area contributed by atoms with Crippen LogP contribution in [-0.4, -0.2) is 33.1 Å². The number of thiazole rings is 1. The molecule has 1 unspecified atom stereocenters. The van der Waals surface area contributed by atoms with Gasteiger partial charge in [0.25, 0.3) is 0 Å². The molecule has 0 aliphatic heterocycles. The Balaban J connectivity index is 2.11. The van der Waals surface area contributed by atoms with E-state index < -0.39 is 10.8 Å².